The van der Waals surface area contributed by atoms with Crippen molar-refractivity contribution in [3.05, 3.63) is 35.1 Å². The number of phenolic OH excluding ortho intramolecular Hbond substituents is 1. The van der Waals surface area contributed by atoms with Crippen molar-refractivity contribution >= 4 is 26.7 Å². The first-order valence-electron chi connectivity index (χ1n) is 3.49. The maximum absolute atomic E-state index is 9.48. The molecule has 0 saturated carbocycles. The molecule has 0 saturated heterocycles. The van der Waals surface area contributed by atoms with Crippen LogP contribution >= 0.6 is 15.9 Å². The van der Waals surface area contributed by atoms with Crippen LogP contribution in [-0.2, 0) is 0 Å². The summed E-state index contributed by atoms with van der Waals surface area (Å²) >= 11 is 3.30. The van der Waals surface area contributed by atoms with Gasteiger partial charge in [-0.15, -0.1) is 0 Å². The highest BCUT2D eigenvalue weighted by Gasteiger charge is 1.99. The normalized spacial score (nSPS) is 10.4. The number of halogens is 1. The lowest BCUT2D eigenvalue weighted by molar-refractivity contribution is 0.481. The summed E-state index contributed by atoms with van der Waals surface area (Å²) in [6, 6.07) is 5.46. The Bertz CT molecular complexity index is 428. The van der Waals surface area contributed by atoms with E-state index in [0.717, 1.165) is 15.2 Å². The summed E-state index contributed by atoms with van der Waals surface area (Å²) in [6.07, 6.45) is 3.35. The molecule has 1 N–H and O–H groups in total. The molecule has 2 nitrogen and oxygen atoms in total. The van der Waals surface area contributed by atoms with Crippen LogP contribution in [0.4, 0.5) is 0 Å². The van der Waals surface area contributed by atoms with Gasteiger partial charge in [-0.2, -0.15) is 0 Å². The largest absolute Gasteiger partial charge is 0.507 e. The molecule has 0 amide bonds. The van der Waals surface area contributed by atoms with E-state index >= 15 is 0 Å². The van der Waals surface area contributed by atoms with Gasteiger partial charge in [0.05, 0.1) is 0 Å². The highest BCUT2D eigenvalue weighted by molar-refractivity contribution is 9.10. The molecule has 0 aliphatic carbocycles. The topological polar surface area (TPSA) is 33.1 Å². The van der Waals surface area contributed by atoms with Crippen LogP contribution in [0.25, 0.3) is 10.8 Å². The fraction of sp³-hybridized carbons (Fsp3) is 0. The summed E-state index contributed by atoms with van der Waals surface area (Å²) in [4.78, 5) is 3.93. The van der Waals surface area contributed by atoms with Crippen molar-refractivity contribution in [1.29, 1.82) is 0 Å². The van der Waals surface area contributed by atoms with E-state index < -0.39 is 0 Å². The Morgan fingerprint density at radius 3 is 3.00 bits per heavy atom. The van der Waals surface area contributed by atoms with Crippen LogP contribution in [0.5, 0.6) is 5.75 Å². The van der Waals surface area contributed by atoms with E-state index in [2.05, 4.69) is 20.9 Å². The van der Waals surface area contributed by atoms with Crippen molar-refractivity contribution in [1.82, 2.24) is 4.98 Å². The molecule has 60 valence electrons. The van der Waals surface area contributed by atoms with Gasteiger partial charge in [-0.25, -0.2) is 0 Å². The predicted molar refractivity (Wildman–Crippen MR) is 51.1 cm³/mol. The number of nitrogens with zero attached hydrogens (tertiary/aromatic N) is 1. The van der Waals surface area contributed by atoms with E-state index in [1.807, 2.05) is 12.1 Å². The summed E-state index contributed by atoms with van der Waals surface area (Å²) in [5.74, 6) is 0.257. The van der Waals surface area contributed by atoms with E-state index in [0.29, 0.717) is 0 Å². The third kappa shape index (κ3) is 1.16. The molecule has 0 aliphatic heterocycles. The number of aromatic hydroxyl groups is 1. The average Bonchev–Trinajstić information content (AvgIpc) is 2.04. The molecular weight excluding hydrogens is 218 g/mol. The van der Waals surface area contributed by atoms with Gasteiger partial charge < -0.3 is 5.11 Å². The third-order valence-electron chi connectivity index (χ3n) is 1.70. The first-order valence-corrected chi connectivity index (χ1v) is 4.29. The molecule has 0 unspecified atom stereocenters. The summed E-state index contributed by atoms with van der Waals surface area (Å²) in [5.41, 5.74) is 0. The van der Waals surface area contributed by atoms with E-state index in [9.17, 15) is 5.11 Å². The second-order valence-corrected chi connectivity index (χ2v) is 3.44. The minimum Gasteiger partial charge on any atom is -0.507 e. The van der Waals surface area contributed by atoms with Crippen LogP contribution in [0, 0.1) is 0 Å². The van der Waals surface area contributed by atoms with E-state index in [1.165, 1.54) is 0 Å². The van der Waals surface area contributed by atoms with Crippen molar-refractivity contribution in [3.63, 3.8) is 0 Å². The van der Waals surface area contributed by atoms with E-state index in [1.54, 1.807) is 18.5 Å². The Morgan fingerprint density at radius 1 is 1.33 bits per heavy atom. The summed E-state index contributed by atoms with van der Waals surface area (Å²) in [6.45, 7) is 0. The SMILES string of the molecule is Oc1cc(Br)cc2ccncc12. The van der Waals surface area contributed by atoms with Crippen LogP contribution in [0.3, 0.4) is 0 Å². The molecule has 2 aromatic rings. The Kier molecular flexibility index (Phi) is 1.73. The van der Waals surface area contributed by atoms with Gasteiger partial charge in [-0.1, -0.05) is 15.9 Å². The van der Waals surface area contributed by atoms with Crippen molar-refractivity contribution in [2.45, 2.75) is 0 Å². The average molecular weight is 224 g/mol. The second-order valence-electron chi connectivity index (χ2n) is 2.52. The lowest BCUT2D eigenvalue weighted by Crippen LogP contribution is -1.76. The molecule has 1 heterocycles. The van der Waals surface area contributed by atoms with Crippen molar-refractivity contribution in [2.24, 2.45) is 0 Å². The van der Waals surface area contributed by atoms with Crippen LogP contribution in [-0.4, -0.2) is 10.1 Å². The molecule has 1 aromatic carbocycles. The first kappa shape index (κ1) is 7.55. The Hall–Kier alpha value is -1.09. The summed E-state index contributed by atoms with van der Waals surface area (Å²) in [7, 11) is 0. The lowest BCUT2D eigenvalue weighted by atomic mass is 10.2. The molecule has 3 heteroatoms. The first-order chi connectivity index (χ1) is 5.77. The minimum atomic E-state index is 0.257. The Morgan fingerprint density at radius 2 is 2.17 bits per heavy atom. The number of pyridine rings is 1. The lowest BCUT2D eigenvalue weighted by Gasteiger charge is -1.99. The van der Waals surface area contributed by atoms with Crippen LogP contribution < -0.4 is 0 Å². The molecular formula is C9H6BrNO. The summed E-state index contributed by atoms with van der Waals surface area (Å²) < 4.78 is 0.874. The molecule has 0 bridgehead atoms. The van der Waals surface area contributed by atoms with Gasteiger partial charge >= 0.3 is 0 Å². The fourth-order valence-corrected chi connectivity index (χ4v) is 1.61. The number of aromatic nitrogens is 1. The molecule has 12 heavy (non-hydrogen) atoms. The molecule has 0 radical (unpaired) electrons. The second kappa shape index (κ2) is 2.75. The minimum absolute atomic E-state index is 0.257. The fourth-order valence-electron chi connectivity index (χ4n) is 1.14. The van der Waals surface area contributed by atoms with Gasteiger partial charge in [0.25, 0.3) is 0 Å². The van der Waals surface area contributed by atoms with Crippen LogP contribution in [0.15, 0.2) is 35.1 Å². The number of hydrogen-bond donors (Lipinski definition) is 1. The number of hydrogen-bond acceptors (Lipinski definition) is 2. The van der Waals surface area contributed by atoms with Crippen molar-refractivity contribution in [3.8, 4) is 5.75 Å². The van der Waals surface area contributed by atoms with Gasteiger partial charge in [0.1, 0.15) is 5.75 Å². The zero-order valence-corrected chi connectivity index (χ0v) is 7.75. The van der Waals surface area contributed by atoms with Gasteiger partial charge in [0.15, 0.2) is 0 Å². The van der Waals surface area contributed by atoms with E-state index in [-0.39, 0.29) is 5.75 Å². The molecule has 0 aliphatic rings. The molecule has 0 atom stereocenters. The standard InChI is InChI=1S/C9H6BrNO/c10-7-3-6-1-2-11-5-8(6)9(12)4-7/h1-5,12H. The van der Waals surface area contributed by atoms with Gasteiger partial charge in [0, 0.05) is 22.3 Å². The monoisotopic (exact) mass is 223 g/mol. The van der Waals surface area contributed by atoms with Gasteiger partial charge in [-0.3, -0.25) is 4.98 Å². The van der Waals surface area contributed by atoms with Crippen LogP contribution in [0.2, 0.25) is 0 Å². The third-order valence-corrected chi connectivity index (χ3v) is 2.16. The Balaban J connectivity index is 2.89. The van der Waals surface area contributed by atoms with Gasteiger partial charge in [0.2, 0.25) is 0 Å². The maximum atomic E-state index is 9.48. The Labute approximate surface area is 78.0 Å². The molecule has 0 fully saturated rings. The van der Waals surface area contributed by atoms with E-state index in [4.69, 9.17) is 0 Å². The number of phenols is 1. The van der Waals surface area contributed by atoms with Crippen LogP contribution in [0.1, 0.15) is 0 Å². The number of benzene rings is 1. The quantitative estimate of drug-likeness (QED) is 0.746. The smallest absolute Gasteiger partial charge is 0.126 e. The molecule has 1 aromatic heterocycles. The number of fused-ring (bicyclic) bond motifs is 1. The van der Waals surface area contributed by atoms with Crippen molar-refractivity contribution < 1.29 is 5.11 Å². The van der Waals surface area contributed by atoms with Gasteiger partial charge in [-0.05, 0) is 23.6 Å². The summed E-state index contributed by atoms with van der Waals surface area (Å²) in [5, 5.41) is 11.2. The molecule has 2 rings (SSSR count). The number of rotatable bonds is 0. The molecule has 0 spiro atoms. The van der Waals surface area contributed by atoms with Crippen molar-refractivity contribution in [2.75, 3.05) is 0 Å². The highest BCUT2D eigenvalue weighted by Crippen LogP contribution is 2.27. The zero-order chi connectivity index (χ0) is 8.55. The maximum Gasteiger partial charge on any atom is 0.126 e. The predicted octanol–water partition coefficient (Wildman–Crippen LogP) is 2.70. The highest BCUT2D eigenvalue weighted by atomic mass is 79.9. The zero-order valence-electron chi connectivity index (χ0n) is 6.16.